The van der Waals surface area contributed by atoms with Crippen LogP contribution in [0.2, 0.25) is 0 Å². The summed E-state index contributed by atoms with van der Waals surface area (Å²) in [6.45, 7) is 7.67. The van der Waals surface area contributed by atoms with Crippen molar-refractivity contribution in [2.75, 3.05) is 0 Å². The second-order valence-corrected chi connectivity index (χ2v) is 3.13. The maximum Gasteiger partial charge on any atom is 0.177 e. The zero-order valence-electron chi connectivity index (χ0n) is 7.69. The highest BCUT2D eigenvalue weighted by Gasteiger charge is 2.16. The van der Waals surface area contributed by atoms with E-state index in [2.05, 4.69) is 12.7 Å². The molecule has 1 heterocycles. The van der Waals surface area contributed by atoms with E-state index < -0.39 is 0 Å². The van der Waals surface area contributed by atoms with Crippen molar-refractivity contribution in [1.82, 2.24) is 0 Å². The van der Waals surface area contributed by atoms with Gasteiger partial charge in [-0.05, 0) is 26.3 Å². The van der Waals surface area contributed by atoms with Crippen molar-refractivity contribution in [1.29, 1.82) is 0 Å². The molecule has 0 bridgehead atoms. The van der Waals surface area contributed by atoms with Gasteiger partial charge in [0.25, 0.3) is 0 Å². The van der Waals surface area contributed by atoms with Gasteiger partial charge in [-0.15, -0.1) is 6.58 Å². The summed E-state index contributed by atoms with van der Waals surface area (Å²) in [4.78, 5) is 0. The molecule has 0 aromatic rings. The lowest BCUT2D eigenvalue weighted by atomic mass is 10.2. The van der Waals surface area contributed by atoms with Crippen LogP contribution in [0.3, 0.4) is 0 Å². The number of ether oxygens (including phenoxy) is 2. The maximum atomic E-state index is 5.52. The van der Waals surface area contributed by atoms with E-state index in [0.717, 1.165) is 6.42 Å². The molecule has 0 aromatic heterocycles. The summed E-state index contributed by atoms with van der Waals surface area (Å²) in [7, 11) is 0. The third-order valence-electron chi connectivity index (χ3n) is 1.64. The fraction of sp³-hybridized carbons (Fsp3) is 0.600. The van der Waals surface area contributed by atoms with Crippen LogP contribution in [0.15, 0.2) is 24.8 Å². The SMILES string of the molecule is C=C[C@@H]1CC=C[C@@H](OC(C)C)O1. The summed E-state index contributed by atoms with van der Waals surface area (Å²) in [5.74, 6) is 0. The second-order valence-electron chi connectivity index (χ2n) is 3.13. The lowest BCUT2D eigenvalue weighted by Crippen LogP contribution is -2.26. The Morgan fingerprint density at radius 2 is 2.42 bits per heavy atom. The van der Waals surface area contributed by atoms with Gasteiger partial charge in [0, 0.05) is 0 Å². The summed E-state index contributed by atoms with van der Waals surface area (Å²) in [6, 6.07) is 0. The molecule has 0 aliphatic carbocycles. The maximum absolute atomic E-state index is 5.52. The normalized spacial score (nSPS) is 29.2. The molecule has 0 N–H and O–H groups in total. The van der Waals surface area contributed by atoms with Crippen molar-refractivity contribution >= 4 is 0 Å². The Kier molecular flexibility index (Phi) is 3.50. The standard InChI is InChI=1S/C10H16O2/c1-4-9-6-5-7-10(12-9)11-8(2)3/h4-5,7-10H,1,6H2,2-3H3/t9-,10+/m1/s1. The van der Waals surface area contributed by atoms with Gasteiger partial charge in [-0.1, -0.05) is 12.2 Å². The van der Waals surface area contributed by atoms with Crippen LogP contribution >= 0.6 is 0 Å². The Morgan fingerprint density at radius 3 is 3.00 bits per heavy atom. The molecule has 1 aliphatic rings. The van der Waals surface area contributed by atoms with Crippen LogP contribution in [0.25, 0.3) is 0 Å². The predicted molar refractivity (Wildman–Crippen MR) is 48.8 cm³/mol. The zero-order valence-corrected chi connectivity index (χ0v) is 7.69. The fourth-order valence-corrected chi connectivity index (χ4v) is 1.09. The van der Waals surface area contributed by atoms with Crippen LogP contribution < -0.4 is 0 Å². The van der Waals surface area contributed by atoms with Crippen molar-refractivity contribution in [3.8, 4) is 0 Å². The van der Waals surface area contributed by atoms with Gasteiger partial charge in [-0.3, -0.25) is 0 Å². The van der Waals surface area contributed by atoms with Gasteiger partial charge in [-0.25, -0.2) is 0 Å². The molecule has 1 rings (SSSR count). The molecule has 2 atom stereocenters. The molecule has 0 radical (unpaired) electrons. The Hall–Kier alpha value is -0.600. The van der Waals surface area contributed by atoms with Crippen molar-refractivity contribution in [3.05, 3.63) is 24.8 Å². The molecular weight excluding hydrogens is 152 g/mol. The van der Waals surface area contributed by atoms with E-state index in [1.807, 2.05) is 19.9 Å². The molecule has 0 amide bonds. The molecule has 68 valence electrons. The van der Waals surface area contributed by atoms with Crippen LogP contribution in [0.1, 0.15) is 20.3 Å². The van der Waals surface area contributed by atoms with E-state index in [4.69, 9.17) is 9.47 Å². The molecule has 1 aliphatic heterocycles. The molecular formula is C10H16O2. The minimum atomic E-state index is -0.193. The van der Waals surface area contributed by atoms with E-state index in [1.54, 1.807) is 6.08 Å². The van der Waals surface area contributed by atoms with Crippen molar-refractivity contribution in [3.63, 3.8) is 0 Å². The minimum absolute atomic E-state index is 0.110. The highest BCUT2D eigenvalue weighted by Crippen LogP contribution is 2.14. The third kappa shape index (κ3) is 2.80. The van der Waals surface area contributed by atoms with E-state index in [1.165, 1.54) is 0 Å². The Morgan fingerprint density at radius 1 is 1.67 bits per heavy atom. The van der Waals surface area contributed by atoms with Gasteiger partial charge in [-0.2, -0.15) is 0 Å². The monoisotopic (exact) mass is 168 g/mol. The van der Waals surface area contributed by atoms with E-state index >= 15 is 0 Å². The smallest absolute Gasteiger partial charge is 0.177 e. The average molecular weight is 168 g/mol. The first-order valence-electron chi connectivity index (χ1n) is 4.32. The van der Waals surface area contributed by atoms with E-state index in [-0.39, 0.29) is 18.5 Å². The third-order valence-corrected chi connectivity index (χ3v) is 1.64. The van der Waals surface area contributed by atoms with Crippen molar-refractivity contribution in [2.24, 2.45) is 0 Å². The highest BCUT2D eigenvalue weighted by molar-refractivity contribution is 4.97. The Balaban J connectivity index is 2.40. The predicted octanol–water partition coefficient (Wildman–Crippen LogP) is 2.27. The molecule has 0 spiro atoms. The summed E-state index contributed by atoms with van der Waals surface area (Å²) in [5, 5.41) is 0. The Bertz CT molecular complexity index is 173. The van der Waals surface area contributed by atoms with Crippen LogP contribution in [0.4, 0.5) is 0 Å². The molecule has 0 fully saturated rings. The van der Waals surface area contributed by atoms with Crippen LogP contribution in [-0.4, -0.2) is 18.5 Å². The second kappa shape index (κ2) is 4.43. The van der Waals surface area contributed by atoms with E-state index in [9.17, 15) is 0 Å². The van der Waals surface area contributed by atoms with Crippen LogP contribution in [0, 0.1) is 0 Å². The molecule has 2 nitrogen and oxygen atoms in total. The first-order chi connectivity index (χ1) is 5.72. The highest BCUT2D eigenvalue weighted by atomic mass is 16.7. The van der Waals surface area contributed by atoms with Gasteiger partial charge in [0.05, 0.1) is 12.2 Å². The van der Waals surface area contributed by atoms with Gasteiger partial charge < -0.3 is 9.47 Å². The fourth-order valence-electron chi connectivity index (χ4n) is 1.09. The average Bonchev–Trinajstić information content (AvgIpc) is 2.03. The molecule has 0 saturated carbocycles. The van der Waals surface area contributed by atoms with Crippen LogP contribution in [-0.2, 0) is 9.47 Å². The number of rotatable bonds is 3. The first kappa shape index (κ1) is 9.49. The van der Waals surface area contributed by atoms with E-state index in [0.29, 0.717) is 0 Å². The number of hydrogen-bond acceptors (Lipinski definition) is 2. The largest absolute Gasteiger partial charge is 0.346 e. The minimum Gasteiger partial charge on any atom is -0.346 e. The lowest BCUT2D eigenvalue weighted by Gasteiger charge is -2.25. The van der Waals surface area contributed by atoms with Gasteiger partial charge in [0.1, 0.15) is 0 Å². The molecule has 0 unspecified atom stereocenters. The molecule has 0 saturated heterocycles. The van der Waals surface area contributed by atoms with Gasteiger partial charge in [0.2, 0.25) is 0 Å². The molecule has 12 heavy (non-hydrogen) atoms. The summed E-state index contributed by atoms with van der Waals surface area (Å²) < 4.78 is 11.0. The summed E-state index contributed by atoms with van der Waals surface area (Å²) >= 11 is 0. The first-order valence-corrected chi connectivity index (χ1v) is 4.32. The van der Waals surface area contributed by atoms with Crippen LogP contribution in [0.5, 0.6) is 0 Å². The quantitative estimate of drug-likeness (QED) is 0.602. The van der Waals surface area contributed by atoms with Crippen molar-refractivity contribution < 1.29 is 9.47 Å². The summed E-state index contributed by atoms with van der Waals surface area (Å²) in [5.41, 5.74) is 0. The molecule has 0 aromatic carbocycles. The summed E-state index contributed by atoms with van der Waals surface area (Å²) in [6.07, 6.45) is 6.84. The number of hydrogen-bond donors (Lipinski definition) is 0. The van der Waals surface area contributed by atoms with Gasteiger partial charge >= 0.3 is 0 Å². The van der Waals surface area contributed by atoms with Crippen molar-refractivity contribution in [2.45, 2.75) is 38.8 Å². The topological polar surface area (TPSA) is 18.5 Å². The zero-order chi connectivity index (χ0) is 8.97. The van der Waals surface area contributed by atoms with Gasteiger partial charge in [0.15, 0.2) is 6.29 Å². The lowest BCUT2D eigenvalue weighted by molar-refractivity contribution is -0.154. The molecule has 2 heteroatoms. The Labute approximate surface area is 73.9 Å².